The van der Waals surface area contributed by atoms with Crippen molar-refractivity contribution in [3.8, 4) is 0 Å². The fraction of sp³-hybridized carbons (Fsp3) is 0.176. The van der Waals surface area contributed by atoms with E-state index in [1.807, 2.05) is 30.3 Å². The number of carboxylic acids is 1. The lowest BCUT2D eigenvalue weighted by atomic mass is 10.1. The minimum Gasteiger partial charge on any atom is -0.480 e. The Hall–Kier alpha value is -2.08. The molecule has 0 saturated heterocycles. The number of nitrogens with one attached hydrogen (secondary N) is 2. The third-order valence-electron chi connectivity index (χ3n) is 3.29. The van der Waals surface area contributed by atoms with Crippen molar-refractivity contribution in [2.75, 3.05) is 5.32 Å². The van der Waals surface area contributed by atoms with Crippen molar-refractivity contribution in [1.29, 1.82) is 0 Å². The van der Waals surface area contributed by atoms with E-state index in [0.717, 1.165) is 5.56 Å². The lowest BCUT2D eigenvalue weighted by molar-refractivity contribution is -0.141. The third-order valence-corrected chi connectivity index (χ3v) is 3.85. The number of hydrogen-bond acceptors (Lipinski definition) is 3. The Morgan fingerprint density at radius 2 is 1.79 bits per heavy atom. The summed E-state index contributed by atoms with van der Waals surface area (Å²) in [7, 11) is 0. The molecule has 7 heteroatoms. The van der Waals surface area contributed by atoms with Crippen molar-refractivity contribution in [1.82, 2.24) is 5.32 Å². The maximum absolute atomic E-state index is 12.1. The number of carbonyl (C=O) groups is 2. The number of anilines is 1. The molecule has 0 aliphatic rings. The van der Waals surface area contributed by atoms with Crippen LogP contribution >= 0.6 is 23.2 Å². The standard InChI is InChI=1S/C17H16Cl2N2O3/c18-12-6-7-13(19)14(8-12)21-16(22)9-15(17(23)24)20-10-11-4-2-1-3-5-11/h1-8,15,20H,9-10H2,(H,21,22)(H,23,24). The second-order valence-electron chi connectivity index (χ2n) is 5.13. The molecule has 0 fully saturated rings. The van der Waals surface area contributed by atoms with Gasteiger partial charge in [0.1, 0.15) is 6.04 Å². The molecule has 24 heavy (non-hydrogen) atoms. The van der Waals surface area contributed by atoms with Gasteiger partial charge in [0, 0.05) is 11.6 Å². The molecule has 0 aromatic heterocycles. The fourth-order valence-corrected chi connectivity index (χ4v) is 2.40. The summed E-state index contributed by atoms with van der Waals surface area (Å²) >= 11 is 11.8. The Bertz CT molecular complexity index is 723. The summed E-state index contributed by atoms with van der Waals surface area (Å²) in [6.07, 6.45) is -0.231. The van der Waals surface area contributed by atoms with Crippen molar-refractivity contribution in [3.05, 3.63) is 64.1 Å². The third kappa shape index (κ3) is 5.53. The smallest absolute Gasteiger partial charge is 0.321 e. The summed E-state index contributed by atoms with van der Waals surface area (Å²) in [5.74, 6) is -1.56. The molecule has 0 heterocycles. The highest BCUT2D eigenvalue weighted by molar-refractivity contribution is 6.35. The van der Waals surface area contributed by atoms with Gasteiger partial charge in [0.05, 0.1) is 17.1 Å². The van der Waals surface area contributed by atoms with Crippen LogP contribution in [-0.2, 0) is 16.1 Å². The van der Waals surface area contributed by atoms with Crippen molar-refractivity contribution in [2.24, 2.45) is 0 Å². The number of halogens is 2. The van der Waals surface area contributed by atoms with Gasteiger partial charge >= 0.3 is 5.97 Å². The Labute approximate surface area is 149 Å². The van der Waals surface area contributed by atoms with Gasteiger partial charge in [0.25, 0.3) is 0 Å². The minimum atomic E-state index is -1.10. The lowest BCUT2D eigenvalue weighted by Gasteiger charge is -2.15. The molecule has 2 rings (SSSR count). The molecule has 0 aliphatic heterocycles. The van der Waals surface area contributed by atoms with Crippen LogP contribution in [0.15, 0.2) is 48.5 Å². The Morgan fingerprint density at radius 1 is 1.08 bits per heavy atom. The van der Waals surface area contributed by atoms with Crippen molar-refractivity contribution >= 4 is 40.8 Å². The van der Waals surface area contributed by atoms with Gasteiger partial charge < -0.3 is 10.4 Å². The molecule has 2 aromatic carbocycles. The maximum atomic E-state index is 12.1. The molecule has 0 saturated carbocycles. The molecule has 1 atom stereocenters. The molecule has 0 radical (unpaired) electrons. The van der Waals surface area contributed by atoms with Gasteiger partial charge in [0.15, 0.2) is 0 Å². The second kappa shape index (κ2) is 8.68. The largest absolute Gasteiger partial charge is 0.480 e. The van der Waals surface area contributed by atoms with E-state index in [4.69, 9.17) is 23.2 Å². The summed E-state index contributed by atoms with van der Waals surface area (Å²) in [6.45, 7) is 0.350. The maximum Gasteiger partial charge on any atom is 0.321 e. The first-order chi connectivity index (χ1) is 11.5. The van der Waals surface area contributed by atoms with Gasteiger partial charge in [0.2, 0.25) is 5.91 Å². The predicted molar refractivity (Wildman–Crippen MR) is 94.4 cm³/mol. The Morgan fingerprint density at radius 3 is 2.46 bits per heavy atom. The molecule has 1 amide bonds. The molecule has 126 valence electrons. The number of amides is 1. The van der Waals surface area contributed by atoms with Gasteiger partial charge in [-0.25, -0.2) is 0 Å². The fourth-order valence-electron chi connectivity index (χ4n) is 2.06. The van der Waals surface area contributed by atoms with Crippen LogP contribution in [0.3, 0.4) is 0 Å². The number of aliphatic carboxylic acids is 1. The molecular formula is C17H16Cl2N2O3. The van der Waals surface area contributed by atoms with Crippen LogP contribution in [0.5, 0.6) is 0 Å². The van der Waals surface area contributed by atoms with Crippen molar-refractivity contribution in [2.45, 2.75) is 19.0 Å². The lowest BCUT2D eigenvalue weighted by Crippen LogP contribution is -2.39. The SMILES string of the molecule is O=C(CC(NCc1ccccc1)C(=O)O)Nc1cc(Cl)ccc1Cl. The van der Waals surface area contributed by atoms with Crippen molar-refractivity contribution < 1.29 is 14.7 Å². The van der Waals surface area contributed by atoms with Gasteiger partial charge in [-0.15, -0.1) is 0 Å². The first kappa shape index (κ1) is 18.3. The van der Waals surface area contributed by atoms with E-state index in [-0.39, 0.29) is 6.42 Å². The van der Waals surface area contributed by atoms with Gasteiger partial charge in [-0.1, -0.05) is 53.5 Å². The molecule has 0 spiro atoms. The highest BCUT2D eigenvalue weighted by atomic mass is 35.5. The summed E-state index contributed by atoms with van der Waals surface area (Å²) in [4.78, 5) is 23.4. The van der Waals surface area contributed by atoms with Crippen LogP contribution < -0.4 is 10.6 Å². The van der Waals surface area contributed by atoms with E-state index in [2.05, 4.69) is 10.6 Å². The van der Waals surface area contributed by atoms with Crippen LogP contribution in [0.1, 0.15) is 12.0 Å². The highest BCUT2D eigenvalue weighted by Crippen LogP contribution is 2.25. The highest BCUT2D eigenvalue weighted by Gasteiger charge is 2.21. The molecule has 1 unspecified atom stereocenters. The summed E-state index contributed by atoms with van der Waals surface area (Å²) in [6, 6.07) is 13.0. The van der Waals surface area contributed by atoms with E-state index in [0.29, 0.717) is 22.3 Å². The normalized spacial score (nSPS) is 11.8. The van der Waals surface area contributed by atoms with E-state index in [9.17, 15) is 14.7 Å². The van der Waals surface area contributed by atoms with Crippen LogP contribution in [-0.4, -0.2) is 23.0 Å². The van der Waals surface area contributed by atoms with E-state index in [1.165, 1.54) is 6.07 Å². The summed E-state index contributed by atoms with van der Waals surface area (Å²) in [5, 5.41) is 15.5. The van der Waals surface area contributed by atoms with Crippen LogP contribution in [0, 0.1) is 0 Å². The zero-order chi connectivity index (χ0) is 17.5. The average molecular weight is 367 g/mol. The minimum absolute atomic E-state index is 0.231. The molecule has 3 N–H and O–H groups in total. The number of hydrogen-bond donors (Lipinski definition) is 3. The van der Waals surface area contributed by atoms with E-state index >= 15 is 0 Å². The number of carbonyl (C=O) groups excluding carboxylic acids is 1. The van der Waals surface area contributed by atoms with E-state index < -0.39 is 17.9 Å². The quantitative estimate of drug-likeness (QED) is 0.699. The summed E-state index contributed by atoms with van der Waals surface area (Å²) in [5.41, 5.74) is 1.28. The molecular weight excluding hydrogens is 351 g/mol. The number of benzene rings is 2. The van der Waals surface area contributed by atoms with Crippen molar-refractivity contribution in [3.63, 3.8) is 0 Å². The molecule has 0 bridgehead atoms. The number of carboxylic acid groups (broad SMARTS) is 1. The number of rotatable bonds is 7. The van der Waals surface area contributed by atoms with Gasteiger partial charge in [-0.2, -0.15) is 0 Å². The summed E-state index contributed by atoms with van der Waals surface area (Å²) < 4.78 is 0. The Balaban J connectivity index is 1.95. The monoisotopic (exact) mass is 366 g/mol. The molecule has 0 aliphatic carbocycles. The van der Waals surface area contributed by atoms with Gasteiger partial charge in [-0.3, -0.25) is 14.9 Å². The molecule has 5 nitrogen and oxygen atoms in total. The Kier molecular flexibility index (Phi) is 6.61. The predicted octanol–water partition coefficient (Wildman–Crippen LogP) is 3.57. The topological polar surface area (TPSA) is 78.4 Å². The van der Waals surface area contributed by atoms with E-state index in [1.54, 1.807) is 12.1 Å². The van der Waals surface area contributed by atoms with Crippen LogP contribution in [0.25, 0.3) is 0 Å². The van der Waals surface area contributed by atoms with Crippen LogP contribution in [0.4, 0.5) is 5.69 Å². The average Bonchev–Trinajstić information content (AvgIpc) is 2.55. The van der Waals surface area contributed by atoms with Crippen LogP contribution in [0.2, 0.25) is 10.0 Å². The first-order valence-electron chi connectivity index (χ1n) is 7.20. The first-order valence-corrected chi connectivity index (χ1v) is 7.96. The zero-order valence-electron chi connectivity index (χ0n) is 12.6. The van der Waals surface area contributed by atoms with Gasteiger partial charge in [-0.05, 0) is 23.8 Å². The molecule has 2 aromatic rings. The zero-order valence-corrected chi connectivity index (χ0v) is 14.1. The second-order valence-corrected chi connectivity index (χ2v) is 5.98.